The van der Waals surface area contributed by atoms with Gasteiger partial charge in [0.2, 0.25) is 0 Å². The second-order valence-corrected chi connectivity index (χ2v) is 3.60. The van der Waals surface area contributed by atoms with Crippen molar-refractivity contribution < 1.29 is 31.9 Å². The van der Waals surface area contributed by atoms with Gasteiger partial charge in [0, 0.05) is 13.2 Å². The summed E-state index contributed by atoms with van der Waals surface area (Å²) in [6.07, 6.45) is 0. The van der Waals surface area contributed by atoms with Crippen molar-refractivity contribution in [1.82, 2.24) is 0 Å². The van der Waals surface area contributed by atoms with Crippen LogP contribution in [0.15, 0.2) is 60.7 Å². The summed E-state index contributed by atoms with van der Waals surface area (Å²) in [6.45, 7) is 11.3. The fourth-order valence-corrected chi connectivity index (χ4v) is 0.956. The van der Waals surface area contributed by atoms with Crippen molar-refractivity contribution in [2.24, 2.45) is 0 Å². The van der Waals surface area contributed by atoms with Crippen LogP contribution < -0.4 is 0 Å². The number of hydrogen-bond donors (Lipinski definition) is 2. The molecule has 2 aromatic carbocycles. The molecule has 0 saturated heterocycles. The van der Waals surface area contributed by atoms with Crippen molar-refractivity contribution in [2.75, 3.05) is 13.2 Å². The third-order valence-electron chi connectivity index (χ3n) is 1.69. The minimum atomic E-state index is 0. The standard InChI is InChI=1S/2C7H7.2C2H6O.Ti/c2*1-7-5-3-2-4-6-7;2*1-2-3;/h2*2-6H,1H2;2*3H,2H2,1H3;/q2*-1;;;+2. The normalized spacial score (nSPS) is 7.43. The Balaban J connectivity index is -0.000000220. The van der Waals surface area contributed by atoms with Crippen LogP contribution in [0.1, 0.15) is 25.0 Å². The van der Waals surface area contributed by atoms with Crippen molar-refractivity contribution in [2.45, 2.75) is 13.8 Å². The second kappa shape index (κ2) is 21.1. The first-order valence-corrected chi connectivity index (χ1v) is 6.58. The van der Waals surface area contributed by atoms with Crippen LogP contribution in [0.2, 0.25) is 0 Å². The quantitative estimate of drug-likeness (QED) is 0.573. The maximum atomic E-state index is 7.57. The minimum absolute atomic E-state index is 0. The molecule has 114 valence electrons. The molecule has 0 fully saturated rings. The summed E-state index contributed by atoms with van der Waals surface area (Å²) in [4.78, 5) is 0. The molecule has 2 aromatic rings. The van der Waals surface area contributed by atoms with Gasteiger partial charge >= 0.3 is 21.7 Å². The zero-order valence-electron chi connectivity index (χ0n) is 13.0. The molecule has 0 amide bonds. The van der Waals surface area contributed by atoms with Crippen LogP contribution in [0, 0.1) is 13.8 Å². The number of benzene rings is 2. The number of aliphatic hydroxyl groups excluding tert-OH is 2. The van der Waals surface area contributed by atoms with Crippen LogP contribution in [0.25, 0.3) is 0 Å². The average molecular weight is 322 g/mol. The second-order valence-electron chi connectivity index (χ2n) is 3.60. The van der Waals surface area contributed by atoms with Crippen molar-refractivity contribution in [1.29, 1.82) is 0 Å². The maximum Gasteiger partial charge on any atom is 2.00 e. The predicted molar refractivity (Wildman–Crippen MR) is 87.3 cm³/mol. The zero-order chi connectivity index (χ0) is 15.6. The SMILES string of the molecule is CCO.CCO.[CH2-]c1ccccc1.[CH2-]c1ccccc1.[Ti+2]. The van der Waals surface area contributed by atoms with Crippen molar-refractivity contribution in [3.63, 3.8) is 0 Å². The van der Waals surface area contributed by atoms with Crippen LogP contribution in [0.3, 0.4) is 0 Å². The van der Waals surface area contributed by atoms with E-state index in [-0.39, 0.29) is 34.9 Å². The van der Waals surface area contributed by atoms with Gasteiger partial charge in [-0.2, -0.15) is 49.2 Å². The van der Waals surface area contributed by atoms with E-state index < -0.39 is 0 Å². The summed E-state index contributed by atoms with van der Waals surface area (Å²) in [5.41, 5.74) is 2.14. The first-order valence-electron chi connectivity index (χ1n) is 6.58. The van der Waals surface area contributed by atoms with E-state index in [0.29, 0.717) is 0 Å². The van der Waals surface area contributed by atoms with E-state index >= 15 is 0 Å². The fourth-order valence-electron chi connectivity index (χ4n) is 0.956. The molecule has 2 N–H and O–H groups in total. The molecule has 0 saturated carbocycles. The van der Waals surface area contributed by atoms with E-state index in [4.69, 9.17) is 10.2 Å². The van der Waals surface area contributed by atoms with Gasteiger partial charge in [0.25, 0.3) is 0 Å². The summed E-state index contributed by atoms with van der Waals surface area (Å²) in [6, 6.07) is 19.7. The monoisotopic (exact) mass is 322 g/mol. The number of rotatable bonds is 0. The van der Waals surface area contributed by atoms with E-state index in [1.54, 1.807) is 13.8 Å². The van der Waals surface area contributed by atoms with Crippen molar-refractivity contribution >= 4 is 0 Å². The van der Waals surface area contributed by atoms with Gasteiger partial charge in [-0.15, -0.1) is 24.3 Å². The van der Waals surface area contributed by atoms with Gasteiger partial charge in [0.15, 0.2) is 0 Å². The Labute approximate surface area is 144 Å². The third kappa shape index (κ3) is 24.2. The van der Waals surface area contributed by atoms with Gasteiger partial charge in [-0.1, -0.05) is 12.1 Å². The third-order valence-corrected chi connectivity index (χ3v) is 1.69. The Morgan fingerprint density at radius 2 is 0.857 bits per heavy atom. The molecule has 2 nitrogen and oxygen atoms in total. The van der Waals surface area contributed by atoms with Crippen molar-refractivity contribution in [3.8, 4) is 0 Å². The Hall–Kier alpha value is -1.19. The number of hydrogen-bond acceptors (Lipinski definition) is 2. The minimum Gasteiger partial charge on any atom is -0.397 e. The molecule has 0 aliphatic carbocycles. The van der Waals surface area contributed by atoms with Gasteiger partial charge in [0.05, 0.1) is 0 Å². The molecule has 0 aliphatic rings. The molecule has 0 aromatic heterocycles. The van der Waals surface area contributed by atoms with Gasteiger partial charge < -0.3 is 10.2 Å². The molecule has 0 heterocycles. The molecule has 0 atom stereocenters. The van der Waals surface area contributed by atoms with E-state index in [1.165, 1.54) is 0 Å². The van der Waals surface area contributed by atoms with Gasteiger partial charge in [0.1, 0.15) is 0 Å². The van der Waals surface area contributed by atoms with E-state index in [1.807, 2.05) is 60.7 Å². The molecule has 3 heteroatoms. The smallest absolute Gasteiger partial charge is 0.397 e. The Kier molecular flexibility index (Phi) is 24.9. The Morgan fingerprint density at radius 1 is 0.667 bits per heavy atom. The first kappa shape index (κ1) is 24.8. The van der Waals surface area contributed by atoms with E-state index in [0.717, 1.165) is 11.1 Å². The van der Waals surface area contributed by atoms with E-state index in [2.05, 4.69) is 13.8 Å². The average Bonchev–Trinajstić information content (AvgIpc) is 2.43. The summed E-state index contributed by atoms with van der Waals surface area (Å²) >= 11 is 0. The van der Waals surface area contributed by atoms with Crippen LogP contribution in [0.4, 0.5) is 0 Å². The molecule has 21 heavy (non-hydrogen) atoms. The topological polar surface area (TPSA) is 40.5 Å². The zero-order valence-corrected chi connectivity index (χ0v) is 14.6. The molecular weight excluding hydrogens is 296 g/mol. The maximum absolute atomic E-state index is 7.57. The van der Waals surface area contributed by atoms with Gasteiger partial charge in [-0.25, -0.2) is 0 Å². The molecular formula is C18H26O2Ti. The summed E-state index contributed by atoms with van der Waals surface area (Å²) < 4.78 is 0. The molecule has 0 aliphatic heterocycles. The first-order chi connectivity index (χ1) is 9.62. The van der Waals surface area contributed by atoms with E-state index in [9.17, 15) is 0 Å². The van der Waals surface area contributed by atoms with Gasteiger partial charge in [-0.05, 0) is 13.8 Å². The molecule has 0 radical (unpaired) electrons. The van der Waals surface area contributed by atoms with Crippen molar-refractivity contribution in [3.05, 3.63) is 85.6 Å². The number of aliphatic hydroxyl groups is 2. The molecule has 0 unspecified atom stereocenters. The molecule has 2 rings (SSSR count). The summed E-state index contributed by atoms with van der Waals surface area (Å²) in [5.74, 6) is 0. The summed E-state index contributed by atoms with van der Waals surface area (Å²) in [5, 5.41) is 15.1. The van der Waals surface area contributed by atoms with Crippen LogP contribution in [-0.2, 0) is 21.7 Å². The van der Waals surface area contributed by atoms with Gasteiger partial charge in [-0.3, -0.25) is 0 Å². The Bertz CT molecular complexity index is 337. The largest absolute Gasteiger partial charge is 2.00 e. The molecule has 0 spiro atoms. The van der Waals surface area contributed by atoms with Crippen LogP contribution in [0.5, 0.6) is 0 Å². The Morgan fingerprint density at radius 3 is 0.952 bits per heavy atom. The fraction of sp³-hybridized carbons (Fsp3) is 0.222. The van der Waals surface area contributed by atoms with Crippen LogP contribution in [-0.4, -0.2) is 23.4 Å². The predicted octanol–water partition coefficient (Wildman–Crippen LogP) is 3.73. The molecule has 0 bridgehead atoms. The van der Waals surface area contributed by atoms with Crippen LogP contribution >= 0.6 is 0 Å². The summed E-state index contributed by atoms with van der Waals surface area (Å²) in [7, 11) is 0.